The number of imidazole rings is 1. The van der Waals surface area contributed by atoms with Crippen molar-refractivity contribution in [2.24, 2.45) is 0 Å². The number of benzene rings is 9. The van der Waals surface area contributed by atoms with E-state index in [-0.39, 0.29) is 38.6 Å². The van der Waals surface area contributed by atoms with Crippen molar-refractivity contribution in [1.82, 2.24) is 19.5 Å². The minimum absolute atomic E-state index is 0.0332. The van der Waals surface area contributed by atoms with Gasteiger partial charge in [-0.3, -0.25) is 9.36 Å². The van der Waals surface area contributed by atoms with E-state index >= 15 is 0 Å². The quantitative estimate of drug-likeness (QED) is 0.0314. The van der Waals surface area contributed by atoms with Gasteiger partial charge in [-0.1, -0.05) is 279 Å². The van der Waals surface area contributed by atoms with Gasteiger partial charge in [0, 0.05) is 13.0 Å². The molecule has 0 saturated carbocycles. The van der Waals surface area contributed by atoms with Crippen LogP contribution in [0.1, 0.15) is 88.4 Å². The molecule has 0 aliphatic carbocycles. The van der Waals surface area contributed by atoms with Gasteiger partial charge in [-0.05, 0) is 62.9 Å². The Labute approximate surface area is 514 Å². The van der Waals surface area contributed by atoms with E-state index in [1.807, 2.05) is 138 Å². The molecule has 12 rings (SSSR count). The molecule has 1 N–H and O–H groups in total. The van der Waals surface area contributed by atoms with Crippen LogP contribution < -0.4 is 5.32 Å². The van der Waals surface area contributed by atoms with Gasteiger partial charge in [0.25, 0.3) is 0 Å². The molecular formula is C76H68N6O6. The van der Waals surface area contributed by atoms with Gasteiger partial charge >= 0.3 is 5.97 Å². The van der Waals surface area contributed by atoms with Crippen molar-refractivity contribution in [1.29, 1.82) is 5.26 Å². The fourth-order valence-electron chi connectivity index (χ4n) is 12.4. The summed E-state index contributed by atoms with van der Waals surface area (Å²) in [7, 11) is 0. The predicted octanol–water partition coefficient (Wildman–Crippen LogP) is 14.9. The monoisotopic (exact) mass is 1160 g/mol. The molecule has 0 spiro atoms. The SMILES string of the molecule is N#CCCOC(=O)CCCCCO[C@H]1[C@@H](OC(c2ccccc2)(c2ccccc2)c2ccccc2)[C@H](n2cnc3c(NC(c4ccccc4)(c4ccccc4)c4ccccc4)ncnc32)O[C@@H]1COC(c1ccccc1)(c1ccccc1)c1ccccc1. The van der Waals surface area contributed by atoms with Crippen molar-refractivity contribution in [2.45, 2.75) is 73.4 Å². The van der Waals surface area contributed by atoms with E-state index in [1.54, 1.807) is 12.7 Å². The first-order valence-electron chi connectivity index (χ1n) is 30.1. The molecule has 9 aromatic carbocycles. The first kappa shape index (κ1) is 58.5. The van der Waals surface area contributed by atoms with Crippen LogP contribution in [0.15, 0.2) is 286 Å². The molecule has 12 heteroatoms. The van der Waals surface area contributed by atoms with Gasteiger partial charge < -0.3 is 29.0 Å². The third-order valence-electron chi connectivity index (χ3n) is 16.5. The third-order valence-corrected chi connectivity index (χ3v) is 16.5. The predicted molar refractivity (Wildman–Crippen MR) is 341 cm³/mol. The van der Waals surface area contributed by atoms with E-state index < -0.39 is 41.3 Å². The van der Waals surface area contributed by atoms with Crippen LogP contribution in [-0.4, -0.2) is 63.6 Å². The number of nitrogens with one attached hydrogen (secondary N) is 1. The van der Waals surface area contributed by atoms with Crippen LogP contribution in [0.3, 0.4) is 0 Å². The Kier molecular flexibility index (Phi) is 18.4. The zero-order chi connectivity index (χ0) is 59.9. The van der Waals surface area contributed by atoms with Crippen molar-refractivity contribution >= 4 is 23.0 Å². The number of nitriles is 1. The van der Waals surface area contributed by atoms with Gasteiger partial charge in [0.2, 0.25) is 0 Å². The second-order valence-electron chi connectivity index (χ2n) is 21.8. The Hall–Kier alpha value is -9.87. The Morgan fingerprint density at radius 1 is 0.500 bits per heavy atom. The minimum Gasteiger partial charge on any atom is -0.465 e. The van der Waals surface area contributed by atoms with E-state index in [2.05, 4.69) is 151 Å². The molecule has 438 valence electrons. The summed E-state index contributed by atoms with van der Waals surface area (Å²) in [6, 6.07) is 95.1. The number of nitrogens with zero attached hydrogens (tertiary/aromatic N) is 5. The number of anilines is 1. The molecule has 0 unspecified atom stereocenters. The van der Waals surface area contributed by atoms with Crippen LogP contribution in [0, 0.1) is 11.3 Å². The molecule has 1 fully saturated rings. The minimum atomic E-state index is -1.25. The molecule has 12 nitrogen and oxygen atoms in total. The number of carbonyl (C=O) groups is 1. The van der Waals surface area contributed by atoms with Crippen LogP contribution in [0.25, 0.3) is 11.2 Å². The van der Waals surface area contributed by atoms with Crippen molar-refractivity contribution in [3.63, 3.8) is 0 Å². The number of hydrogen-bond acceptors (Lipinski definition) is 11. The van der Waals surface area contributed by atoms with E-state index in [0.29, 0.717) is 36.2 Å². The molecule has 88 heavy (non-hydrogen) atoms. The topological polar surface area (TPSA) is 143 Å². The van der Waals surface area contributed by atoms with Crippen molar-refractivity contribution in [3.05, 3.63) is 336 Å². The zero-order valence-corrected chi connectivity index (χ0v) is 48.8. The van der Waals surface area contributed by atoms with Crippen molar-refractivity contribution in [3.8, 4) is 6.07 Å². The first-order chi connectivity index (χ1) is 43.5. The standard InChI is InChI=1S/C76H68N6O6/c77-51-31-53-84-67(83)50-29-10-30-52-85-69-66(54-86-75(60-38-17-4-18-39-60,61-40-19-5-20-41-61)62-42-21-6-22-43-62)87-73(70(69)88-76(63-44-23-7-24-45-63,64-46-25-8-26-47-64)65-48-27-9-28-49-65)82-56-80-68-71(78-55-79-72(68)82)81-74(57-32-11-1-12-33-57,58-34-13-2-14-35-58)59-36-15-3-16-37-59/h1-9,11-28,32-49,55-56,66,69-70,73H,10,29-31,50,52-54H2,(H,78,79,81)/t66-,69-,70-,73-/m1/s1. The molecule has 0 bridgehead atoms. The normalized spacial score (nSPS) is 16.0. The van der Waals surface area contributed by atoms with Gasteiger partial charge in [-0.2, -0.15) is 5.26 Å². The average molecular weight is 1160 g/mol. The molecule has 11 aromatic rings. The molecule has 3 heterocycles. The second kappa shape index (κ2) is 27.7. The van der Waals surface area contributed by atoms with Crippen LogP contribution in [0.2, 0.25) is 0 Å². The van der Waals surface area contributed by atoms with E-state index in [1.165, 1.54) is 0 Å². The highest BCUT2D eigenvalue weighted by molar-refractivity contribution is 5.84. The number of hydrogen-bond donors (Lipinski definition) is 1. The summed E-state index contributed by atoms with van der Waals surface area (Å²) in [4.78, 5) is 28.0. The molecule has 0 amide bonds. The first-order valence-corrected chi connectivity index (χ1v) is 30.1. The van der Waals surface area contributed by atoms with Gasteiger partial charge in [0.05, 0.1) is 25.4 Å². The largest absolute Gasteiger partial charge is 0.465 e. The highest BCUT2D eigenvalue weighted by atomic mass is 16.6. The van der Waals surface area contributed by atoms with Crippen LogP contribution >= 0.6 is 0 Å². The van der Waals surface area contributed by atoms with Crippen LogP contribution in [-0.2, 0) is 45.2 Å². The summed E-state index contributed by atoms with van der Waals surface area (Å²) in [5.74, 6) is 0.176. The maximum Gasteiger partial charge on any atom is 0.305 e. The summed E-state index contributed by atoms with van der Waals surface area (Å²) >= 11 is 0. The summed E-state index contributed by atoms with van der Waals surface area (Å²) in [6.45, 7) is 0.401. The molecule has 2 aromatic heterocycles. The highest BCUT2D eigenvalue weighted by Crippen LogP contribution is 2.49. The summed E-state index contributed by atoms with van der Waals surface area (Å²) in [5, 5.41) is 13.0. The zero-order valence-electron chi connectivity index (χ0n) is 48.8. The van der Waals surface area contributed by atoms with E-state index in [0.717, 1.165) is 50.1 Å². The van der Waals surface area contributed by atoms with Crippen LogP contribution in [0.5, 0.6) is 0 Å². The van der Waals surface area contributed by atoms with E-state index in [9.17, 15) is 4.79 Å². The lowest BCUT2D eigenvalue weighted by Crippen LogP contribution is -2.46. The number of ether oxygens (including phenoxy) is 5. The van der Waals surface area contributed by atoms with Gasteiger partial charge in [-0.15, -0.1) is 0 Å². The lowest BCUT2D eigenvalue weighted by Gasteiger charge is -2.40. The lowest BCUT2D eigenvalue weighted by molar-refractivity contribution is -0.143. The number of aromatic nitrogens is 4. The second-order valence-corrected chi connectivity index (χ2v) is 21.8. The molecular weight excluding hydrogens is 1090 g/mol. The molecule has 0 radical (unpaired) electrons. The molecule has 1 saturated heterocycles. The number of unbranched alkanes of at least 4 members (excludes halogenated alkanes) is 2. The summed E-state index contributed by atoms with van der Waals surface area (Å²) in [6.07, 6.45) is 2.12. The van der Waals surface area contributed by atoms with Crippen molar-refractivity contribution < 1.29 is 28.5 Å². The number of esters is 1. The fraction of sp³-hybridized carbons (Fsp3) is 0.197. The third kappa shape index (κ3) is 12.0. The Bertz CT molecular complexity index is 3710. The van der Waals surface area contributed by atoms with Crippen molar-refractivity contribution in [2.75, 3.05) is 25.1 Å². The van der Waals surface area contributed by atoms with Gasteiger partial charge in [-0.25, -0.2) is 15.0 Å². The maximum atomic E-state index is 12.7. The highest BCUT2D eigenvalue weighted by Gasteiger charge is 2.54. The number of carbonyl (C=O) groups excluding carboxylic acids is 1. The Morgan fingerprint density at radius 3 is 1.35 bits per heavy atom. The Balaban J connectivity index is 1.02. The fourth-order valence-corrected chi connectivity index (χ4v) is 12.4. The number of rotatable bonds is 26. The lowest BCUT2D eigenvalue weighted by atomic mass is 9.77. The maximum absolute atomic E-state index is 12.7. The van der Waals surface area contributed by atoms with Gasteiger partial charge in [0.15, 0.2) is 23.2 Å². The molecule has 4 atom stereocenters. The van der Waals surface area contributed by atoms with E-state index in [4.69, 9.17) is 43.9 Å². The van der Waals surface area contributed by atoms with Crippen LogP contribution in [0.4, 0.5) is 5.82 Å². The summed E-state index contributed by atoms with van der Waals surface area (Å²) in [5.41, 5.74) is 6.20. The smallest absolute Gasteiger partial charge is 0.305 e. The average Bonchev–Trinajstić information content (AvgIpc) is 1.40. The summed E-state index contributed by atoms with van der Waals surface area (Å²) < 4.78 is 38.2. The Morgan fingerprint density at radius 2 is 0.920 bits per heavy atom. The number of fused-ring (bicyclic) bond motifs is 1. The molecule has 1 aliphatic heterocycles. The molecule has 1 aliphatic rings. The van der Waals surface area contributed by atoms with Gasteiger partial charge in [0.1, 0.15) is 48.0 Å².